The molecule has 2 rings (SSSR count). The molecule has 120 valence electrons. The van der Waals surface area contributed by atoms with Gasteiger partial charge >= 0.3 is 0 Å². The summed E-state index contributed by atoms with van der Waals surface area (Å²) < 4.78 is 0. The molecular weight excluding hydrogens is 276 g/mol. The van der Waals surface area contributed by atoms with E-state index in [0.717, 1.165) is 12.5 Å². The maximum Gasteiger partial charge on any atom is 0.0962 e. The lowest BCUT2D eigenvalue weighted by Gasteiger charge is -2.18. The number of hydrogen-bond donors (Lipinski definition) is 1. The number of nitrogens with zero attached hydrogens (tertiary/aromatic N) is 1. The fourth-order valence-corrected chi connectivity index (χ4v) is 4.59. The van der Waals surface area contributed by atoms with Gasteiger partial charge in [0.2, 0.25) is 0 Å². The zero-order valence-electron chi connectivity index (χ0n) is 14.6. The minimum Gasteiger partial charge on any atom is -0.310 e. The fraction of sp³-hybridized carbons (Fsp3) is 0.833. The lowest BCUT2D eigenvalue weighted by Crippen LogP contribution is -2.23. The average molecular weight is 309 g/mol. The minimum atomic E-state index is 0.144. The second-order valence-electron chi connectivity index (χ2n) is 7.89. The standard InChI is InChI=1S/C18H32N2S/c1-7-13-8-9-14(10-13)17-20-16(18(4,5)6)15(21-17)11-19-12(2)3/h12-14,19H,7-11H2,1-6H3. The van der Waals surface area contributed by atoms with Crippen molar-refractivity contribution in [2.75, 3.05) is 0 Å². The quantitative estimate of drug-likeness (QED) is 0.805. The molecule has 0 saturated heterocycles. The number of hydrogen-bond acceptors (Lipinski definition) is 3. The van der Waals surface area contributed by atoms with Gasteiger partial charge in [-0.3, -0.25) is 0 Å². The molecule has 1 saturated carbocycles. The van der Waals surface area contributed by atoms with E-state index in [-0.39, 0.29) is 5.41 Å². The van der Waals surface area contributed by atoms with Crippen LogP contribution in [0.25, 0.3) is 0 Å². The molecule has 0 spiro atoms. The van der Waals surface area contributed by atoms with Crippen LogP contribution in [0.4, 0.5) is 0 Å². The summed E-state index contributed by atoms with van der Waals surface area (Å²) in [4.78, 5) is 6.54. The molecule has 1 aliphatic rings. The van der Waals surface area contributed by atoms with Crippen LogP contribution in [0.3, 0.4) is 0 Å². The predicted molar refractivity (Wildman–Crippen MR) is 93.2 cm³/mol. The Morgan fingerprint density at radius 1 is 1.29 bits per heavy atom. The first-order valence-electron chi connectivity index (χ1n) is 8.54. The second-order valence-corrected chi connectivity index (χ2v) is 9.01. The molecule has 0 bridgehead atoms. The van der Waals surface area contributed by atoms with E-state index < -0.39 is 0 Å². The third-order valence-electron chi connectivity index (χ3n) is 4.56. The van der Waals surface area contributed by atoms with Crippen LogP contribution in [0.5, 0.6) is 0 Å². The zero-order chi connectivity index (χ0) is 15.6. The first-order chi connectivity index (χ1) is 9.81. The Balaban J connectivity index is 2.20. The maximum absolute atomic E-state index is 5.09. The summed E-state index contributed by atoms with van der Waals surface area (Å²) in [5.74, 6) is 1.64. The predicted octanol–water partition coefficient (Wildman–Crippen LogP) is 5.23. The van der Waals surface area contributed by atoms with Crippen LogP contribution in [-0.4, -0.2) is 11.0 Å². The molecule has 2 unspecified atom stereocenters. The highest BCUT2D eigenvalue weighted by Gasteiger charge is 2.30. The molecule has 1 aliphatic carbocycles. The van der Waals surface area contributed by atoms with E-state index in [1.54, 1.807) is 0 Å². The highest BCUT2D eigenvalue weighted by molar-refractivity contribution is 7.11. The van der Waals surface area contributed by atoms with Crippen LogP contribution < -0.4 is 5.32 Å². The summed E-state index contributed by atoms with van der Waals surface area (Å²) in [7, 11) is 0. The largest absolute Gasteiger partial charge is 0.310 e. The average Bonchev–Trinajstić information content (AvgIpc) is 3.01. The minimum absolute atomic E-state index is 0.144. The van der Waals surface area contributed by atoms with Crippen LogP contribution >= 0.6 is 11.3 Å². The van der Waals surface area contributed by atoms with E-state index in [9.17, 15) is 0 Å². The summed E-state index contributed by atoms with van der Waals surface area (Å²) in [6, 6.07) is 0.527. The van der Waals surface area contributed by atoms with Crippen molar-refractivity contribution < 1.29 is 0 Å². The first-order valence-corrected chi connectivity index (χ1v) is 9.36. The number of nitrogens with one attached hydrogen (secondary N) is 1. The molecule has 0 aromatic carbocycles. The Bertz CT molecular complexity index is 456. The van der Waals surface area contributed by atoms with Crippen molar-refractivity contribution in [2.24, 2.45) is 5.92 Å². The monoisotopic (exact) mass is 308 g/mol. The third kappa shape index (κ3) is 4.29. The van der Waals surface area contributed by atoms with Crippen LogP contribution in [0.15, 0.2) is 0 Å². The Labute approximate surface area is 134 Å². The van der Waals surface area contributed by atoms with Crippen molar-refractivity contribution in [3.05, 3.63) is 15.6 Å². The van der Waals surface area contributed by atoms with Gasteiger partial charge in [0.25, 0.3) is 0 Å². The molecule has 1 N–H and O–H groups in total. The molecule has 1 aromatic heterocycles. The van der Waals surface area contributed by atoms with Gasteiger partial charge < -0.3 is 5.32 Å². The van der Waals surface area contributed by atoms with Gasteiger partial charge in [-0.15, -0.1) is 11.3 Å². The SMILES string of the molecule is CCC1CCC(c2nc(C(C)(C)C)c(CNC(C)C)s2)C1. The molecule has 3 heteroatoms. The molecule has 1 aromatic rings. The Kier molecular flexibility index (Phi) is 5.48. The van der Waals surface area contributed by atoms with E-state index in [0.29, 0.717) is 12.0 Å². The van der Waals surface area contributed by atoms with E-state index in [1.165, 1.54) is 41.3 Å². The Morgan fingerprint density at radius 2 is 2.00 bits per heavy atom. The molecule has 0 radical (unpaired) electrons. The normalized spacial score (nSPS) is 23.2. The van der Waals surface area contributed by atoms with Gasteiger partial charge in [0.05, 0.1) is 10.7 Å². The highest BCUT2D eigenvalue weighted by Crippen LogP contribution is 2.43. The van der Waals surface area contributed by atoms with Crippen LogP contribution in [0.1, 0.15) is 88.7 Å². The Hall–Kier alpha value is -0.410. The summed E-state index contributed by atoms with van der Waals surface area (Å²) in [6.45, 7) is 14.6. The summed E-state index contributed by atoms with van der Waals surface area (Å²) in [6.07, 6.45) is 5.41. The second kappa shape index (κ2) is 6.78. The van der Waals surface area contributed by atoms with E-state index in [4.69, 9.17) is 4.98 Å². The van der Waals surface area contributed by atoms with Crippen molar-refractivity contribution in [1.82, 2.24) is 10.3 Å². The lowest BCUT2D eigenvalue weighted by molar-refractivity contribution is 0.518. The molecule has 0 aliphatic heterocycles. The number of thiazole rings is 1. The smallest absolute Gasteiger partial charge is 0.0962 e. The molecule has 1 heterocycles. The molecule has 21 heavy (non-hydrogen) atoms. The van der Waals surface area contributed by atoms with Crippen molar-refractivity contribution >= 4 is 11.3 Å². The number of rotatable bonds is 5. The summed E-state index contributed by atoms with van der Waals surface area (Å²) in [5.41, 5.74) is 1.46. The molecular formula is C18H32N2S. The van der Waals surface area contributed by atoms with Gasteiger partial charge in [-0.1, -0.05) is 48.0 Å². The van der Waals surface area contributed by atoms with Crippen molar-refractivity contribution in [3.63, 3.8) is 0 Å². The van der Waals surface area contributed by atoms with Crippen molar-refractivity contribution in [2.45, 2.75) is 91.1 Å². The van der Waals surface area contributed by atoms with E-state index in [1.807, 2.05) is 11.3 Å². The van der Waals surface area contributed by atoms with Gasteiger partial charge in [0.1, 0.15) is 0 Å². The van der Waals surface area contributed by atoms with Gasteiger partial charge in [-0.05, 0) is 25.2 Å². The fourth-order valence-electron chi connectivity index (χ4n) is 3.22. The molecule has 2 nitrogen and oxygen atoms in total. The van der Waals surface area contributed by atoms with Gasteiger partial charge in [-0.25, -0.2) is 4.98 Å². The zero-order valence-corrected chi connectivity index (χ0v) is 15.4. The van der Waals surface area contributed by atoms with Gasteiger partial charge in [0.15, 0.2) is 0 Å². The van der Waals surface area contributed by atoms with Crippen LogP contribution in [-0.2, 0) is 12.0 Å². The first kappa shape index (κ1) is 17.0. The molecule has 2 atom stereocenters. The van der Waals surface area contributed by atoms with E-state index >= 15 is 0 Å². The van der Waals surface area contributed by atoms with Crippen molar-refractivity contribution in [3.8, 4) is 0 Å². The lowest BCUT2D eigenvalue weighted by atomic mass is 9.91. The van der Waals surface area contributed by atoms with E-state index in [2.05, 4.69) is 46.9 Å². The van der Waals surface area contributed by atoms with Gasteiger partial charge in [-0.2, -0.15) is 0 Å². The van der Waals surface area contributed by atoms with Crippen molar-refractivity contribution in [1.29, 1.82) is 0 Å². The third-order valence-corrected chi connectivity index (χ3v) is 5.78. The van der Waals surface area contributed by atoms with Crippen LogP contribution in [0, 0.1) is 5.92 Å². The van der Waals surface area contributed by atoms with Gasteiger partial charge in [0, 0.05) is 28.8 Å². The summed E-state index contributed by atoms with van der Waals surface area (Å²) >= 11 is 1.96. The highest BCUT2D eigenvalue weighted by atomic mass is 32.1. The molecule has 0 amide bonds. The molecule has 1 fully saturated rings. The van der Waals surface area contributed by atoms with Crippen LogP contribution in [0.2, 0.25) is 0 Å². The topological polar surface area (TPSA) is 24.9 Å². The summed E-state index contributed by atoms with van der Waals surface area (Å²) in [5, 5.41) is 4.97. The Morgan fingerprint density at radius 3 is 2.52 bits per heavy atom. The maximum atomic E-state index is 5.09. The number of aromatic nitrogens is 1.